The van der Waals surface area contributed by atoms with Crippen LogP contribution in [0.15, 0.2) is 0 Å². The van der Waals surface area contributed by atoms with Gasteiger partial charge in [-0.15, -0.1) is 0 Å². The van der Waals surface area contributed by atoms with E-state index < -0.39 is 0 Å². The summed E-state index contributed by atoms with van der Waals surface area (Å²) in [6.07, 6.45) is 2.70. The highest BCUT2D eigenvalue weighted by atomic mass is 16.2. The number of carbonyl (C=O) groups excluding carboxylic acids is 1. The van der Waals surface area contributed by atoms with Gasteiger partial charge in [0.25, 0.3) is 0 Å². The predicted molar refractivity (Wildman–Crippen MR) is 50.8 cm³/mol. The molecule has 72 valence electrons. The molecule has 0 saturated heterocycles. The standard InChI is InChI=1S/C9H20N2O/c1-3-5-8-11(4-2)9(12)6-7-10/h3-8,10H2,1-2H3. The quantitative estimate of drug-likeness (QED) is 0.649. The molecule has 0 fully saturated rings. The average molecular weight is 172 g/mol. The molecule has 0 rings (SSSR count). The number of amides is 1. The van der Waals surface area contributed by atoms with Crippen LogP contribution in [0.3, 0.4) is 0 Å². The van der Waals surface area contributed by atoms with Crippen LogP contribution in [0.25, 0.3) is 0 Å². The summed E-state index contributed by atoms with van der Waals surface area (Å²) in [4.78, 5) is 13.2. The molecule has 0 saturated carbocycles. The minimum absolute atomic E-state index is 0.188. The predicted octanol–water partition coefficient (Wildman–Crippen LogP) is 0.984. The minimum atomic E-state index is 0.188. The third-order valence-electron chi connectivity index (χ3n) is 1.87. The lowest BCUT2D eigenvalue weighted by molar-refractivity contribution is -0.130. The number of rotatable bonds is 6. The van der Waals surface area contributed by atoms with E-state index in [0.717, 1.165) is 25.9 Å². The van der Waals surface area contributed by atoms with Crippen LogP contribution in [0, 0.1) is 0 Å². The molecule has 0 aromatic rings. The van der Waals surface area contributed by atoms with E-state index in [9.17, 15) is 4.79 Å². The highest BCUT2D eigenvalue weighted by Gasteiger charge is 2.08. The van der Waals surface area contributed by atoms with Crippen molar-refractivity contribution in [3.05, 3.63) is 0 Å². The summed E-state index contributed by atoms with van der Waals surface area (Å²) in [6.45, 7) is 6.28. The van der Waals surface area contributed by atoms with Crippen LogP contribution in [0.5, 0.6) is 0 Å². The van der Waals surface area contributed by atoms with Gasteiger partial charge in [-0.3, -0.25) is 4.79 Å². The zero-order valence-electron chi connectivity index (χ0n) is 8.18. The Morgan fingerprint density at radius 1 is 1.42 bits per heavy atom. The molecule has 0 aromatic heterocycles. The van der Waals surface area contributed by atoms with Crippen LogP contribution in [0.1, 0.15) is 33.1 Å². The fourth-order valence-electron chi connectivity index (χ4n) is 1.09. The van der Waals surface area contributed by atoms with Crippen LogP contribution < -0.4 is 5.73 Å². The van der Waals surface area contributed by atoms with E-state index in [2.05, 4.69) is 6.92 Å². The third-order valence-corrected chi connectivity index (χ3v) is 1.87. The maximum absolute atomic E-state index is 11.3. The van der Waals surface area contributed by atoms with E-state index in [-0.39, 0.29) is 5.91 Å². The van der Waals surface area contributed by atoms with Gasteiger partial charge in [-0.25, -0.2) is 0 Å². The highest BCUT2D eigenvalue weighted by molar-refractivity contribution is 5.76. The maximum Gasteiger partial charge on any atom is 0.223 e. The van der Waals surface area contributed by atoms with Crippen molar-refractivity contribution in [3.63, 3.8) is 0 Å². The van der Waals surface area contributed by atoms with E-state index in [1.807, 2.05) is 11.8 Å². The summed E-state index contributed by atoms with van der Waals surface area (Å²) in [5, 5.41) is 0. The zero-order valence-corrected chi connectivity index (χ0v) is 8.18. The van der Waals surface area contributed by atoms with Crippen molar-refractivity contribution in [2.45, 2.75) is 33.1 Å². The summed E-state index contributed by atoms with van der Waals surface area (Å²) in [7, 11) is 0. The number of hydrogen-bond acceptors (Lipinski definition) is 2. The van der Waals surface area contributed by atoms with Gasteiger partial charge in [-0.2, -0.15) is 0 Å². The third kappa shape index (κ3) is 4.34. The molecule has 0 aliphatic carbocycles. The van der Waals surface area contributed by atoms with Gasteiger partial charge in [0.2, 0.25) is 5.91 Å². The Morgan fingerprint density at radius 2 is 2.08 bits per heavy atom. The van der Waals surface area contributed by atoms with E-state index in [1.54, 1.807) is 0 Å². The Morgan fingerprint density at radius 3 is 2.50 bits per heavy atom. The van der Waals surface area contributed by atoms with Crippen molar-refractivity contribution in [1.82, 2.24) is 4.90 Å². The van der Waals surface area contributed by atoms with Crippen molar-refractivity contribution in [1.29, 1.82) is 0 Å². The van der Waals surface area contributed by atoms with E-state index in [0.29, 0.717) is 13.0 Å². The fourth-order valence-corrected chi connectivity index (χ4v) is 1.09. The molecule has 0 aliphatic rings. The molecule has 0 bridgehead atoms. The Bertz CT molecular complexity index is 126. The Kier molecular flexibility index (Phi) is 6.76. The first-order chi connectivity index (χ1) is 5.76. The Balaban J connectivity index is 3.71. The molecule has 0 atom stereocenters. The molecule has 0 heterocycles. The molecule has 3 heteroatoms. The summed E-state index contributed by atoms with van der Waals surface area (Å²) in [5.41, 5.74) is 5.30. The highest BCUT2D eigenvalue weighted by Crippen LogP contribution is 1.97. The number of hydrogen-bond donors (Lipinski definition) is 1. The van der Waals surface area contributed by atoms with Crippen molar-refractivity contribution in [3.8, 4) is 0 Å². The summed E-state index contributed by atoms with van der Waals surface area (Å²) < 4.78 is 0. The van der Waals surface area contributed by atoms with Gasteiger partial charge in [0, 0.05) is 26.1 Å². The lowest BCUT2D eigenvalue weighted by atomic mass is 10.3. The first-order valence-corrected chi connectivity index (χ1v) is 4.74. The number of unbranched alkanes of at least 4 members (excludes halogenated alkanes) is 1. The van der Waals surface area contributed by atoms with Crippen molar-refractivity contribution in [2.24, 2.45) is 5.73 Å². The smallest absolute Gasteiger partial charge is 0.223 e. The van der Waals surface area contributed by atoms with E-state index >= 15 is 0 Å². The fraction of sp³-hybridized carbons (Fsp3) is 0.889. The molecule has 2 N–H and O–H groups in total. The second-order valence-electron chi connectivity index (χ2n) is 2.87. The largest absolute Gasteiger partial charge is 0.343 e. The second kappa shape index (κ2) is 7.10. The Labute approximate surface area is 74.9 Å². The van der Waals surface area contributed by atoms with Gasteiger partial charge < -0.3 is 10.6 Å². The zero-order chi connectivity index (χ0) is 9.40. The van der Waals surface area contributed by atoms with Crippen LogP contribution in [0.4, 0.5) is 0 Å². The lowest BCUT2D eigenvalue weighted by Gasteiger charge is -2.19. The lowest BCUT2D eigenvalue weighted by Crippen LogP contribution is -2.32. The molecular formula is C9H20N2O. The summed E-state index contributed by atoms with van der Waals surface area (Å²) >= 11 is 0. The average Bonchev–Trinajstić information content (AvgIpc) is 2.06. The molecule has 0 spiro atoms. The van der Waals surface area contributed by atoms with Gasteiger partial charge in [-0.05, 0) is 13.3 Å². The van der Waals surface area contributed by atoms with Crippen molar-refractivity contribution < 1.29 is 4.79 Å². The minimum Gasteiger partial charge on any atom is -0.343 e. The molecule has 12 heavy (non-hydrogen) atoms. The SMILES string of the molecule is CCCCN(CC)C(=O)CCN. The van der Waals surface area contributed by atoms with Crippen LogP contribution >= 0.6 is 0 Å². The topological polar surface area (TPSA) is 46.3 Å². The molecule has 0 aliphatic heterocycles. The number of nitrogens with zero attached hydrogens (tertiary/aromatic N) is 1. The molecule has 1 amide bonds. The summed E-state index contributed by atoms with van der Waals surface area (Å²) in [6, 6.07) is 0. The summed E-state index contributed by atoms with van der Waals surface area (Å²) in [5.74, 6) is 0.188. The first-order valence-electron chi connectivity index (χ1n) is 4.74. The van der Waals surface area contributed by atoms with E-state index in [1.165, 1.54) is 0 Å². The number of carbonyl (C=O) groups is 1. The molecule has 0 radical (unpaired) electrons. The molecule has 0 aromatic carbocycles. The van der Waals surface area contributed by atoms with Crippen molar-refractivity contribution in [2.75, 3.05) is 19.6 Å². The van der Waals surface area contributed by atoms with Gasteiger partial charge in [0.15, 0.2) is 0 Å². The second-order valence-corrected chi connectivity index (χ2v) is 2.87. The number of nitrogens with two attached hydrogens (primary N) is 1. The van der Waals surface area contributed by atoms with Crippen LogP contribution in [0.2, 0.25) is 0 Å². The normalized spacial score (nSPS) is 9.92. The van der Waals surface area contributed by atoms with Gasteiger partial charge in [-0.1, -0.05) is 13.3 Å². The first kappa shape index (κ1) is 11.4. The maximum atomic E-state index is 11.3. The van der Waals surface area contributed by atoms with Crippen LogP contribution in [-0.4, -0.2) is 30.4 Å². The molecule has 3 nitrogen and oxygen atoms in total. The van der Waals surface area contributed by atoms with Gasteiger partial charge in [0.1, 0.15) is 0 Å². The monoisotopic (exact) mass is 172 g/mol. The molecule has 0 unspecified atom stereocenters. The molecular weight excluding hydrogens is 152 g/mol. The van der Waals surface area contributed by atoms with Gasteiger partial charge >= 0.3 is 0 Å². The van der Waals surface area contributed by atoms with Crippen LogP contribution in [-0.2, 0) is 4.79 Å². The van der Waals surface area contributed by atoms with E-state index in [4.69, 9.17) is 5.73 Å². The Hall–Kier alpha value is -0.570. The van der Waals surface area contributed by atoms with Gasteiger partial charge in [0.05, 0.1) is 0 Å². The van der Waals surface area contributed by atoms with Crippen molar-refractivity contribution >= 4 is 5.91 Å².